The zero-order valence-corrected chi connectivity index (χ0v) is 17.9. The predicted molar refractivity (Wildman–Crippen MR) is 119 cm³/mol. The van der Waals surface area contributed by atoms with E-state index >= 15 is 0 Å². The zero-order chi connectivity index (χ0) is 20.9. The van der Waals surface area contributed by atoms with Crippen molar-refractivity contribution in [2.24, 2.45) is 0 Å². The van der Waals surface area contributed by atoms with E-state index in [0.717, 1.165) is 49.6 Å². The highest BCUT2D eigenvalue weighted by atomic mass is 32.1. The number of likely N-dealkylation sites (tertiary alicyclic amines) is 1. The molecule has 2 N–H and O–H groups in total. The van der Waals surface area contributed by atoms with Crippen LogP contribution in [-0.2, 0) is 13.0 Å². The van der Waals surface area contributed by atoms with Crippen LogP contribution in [0.5, 0.6) is 5.75 Å². The van der Waals surface area contributed by atoms with Crippen LogP contribution in [0.2, 0.25) is 0 Å². The second kappa shape index (κ2) is 9.36. The number of rotatable bonds is 6. The number of phenols is 1. The molecule has 0 spiro atoms. The van der Waals surface area contributed by atoms with Gasteiger partial charge < -0.3 is 10.4 Å². The summed E-state index contributed by atoms with van der Waals surface area (Å²) in [5.74, 6) is 0.621. The molecule has 3 aromatic rings. The minimum Gasteiger partial charge on any atom is -0.508 e. The number of amides is 1. The minimum atomic E-state index is -0.214. The lowest BCUT2D eigenvalue weighted by atomic mass is 9.89. The molecule has 1 saturated heterocycles. The van der Waals surface area contributed by atoms with Crippen molar-refractivity contribution < 1.29 is 9.90 Å². The molecular formula is C23H26N4O2S. The first-order valence-corrected chi connectivity index (χ1v) is 11.2. The number of benzene rings is 2. The number of phenolic OH excluding ortho intramolecular Hbond substituents is 1. The summed E-state index contributed by atoms with van der Waals surface area (Å²) in [5, 5.41) is 21.9. The summed E-state index contributed by atoms with van der Waals surface area (Å²) in [6, 6.07) is 15.4. The Hall–Kier alpha value is -2.77. The second-order valence-electron chi connectivity index (χ2n) is 7.65. The standard InChI is InChI=1S/C23H26N4O2S/c1-2-16-3-7-19(8-4-16)24-22(29)23-26-25-21(30-23)15-27-13-11-18(12-14-27)17-5-9-20(28)10-6-17/h3-10,18,28H,2,11-15H2,1H3,(H,24,29). The van der Waals surface area contributed by atoms with Gasteiger partial charge in [-0.15, -0.1) is 10.2 Å². The highest BCUT2D eigenvalue weighted by Gasteiger charge is 2.22. The summed E-state index contributed by atoms with van der Waals surface area (Å²) < 4.78 is 0. The van der Waals surface area contributed by atoms with Gasteiger partial charge in [-0.25, -0.2) is 0 Å². The molecule has 1 fully saturated rings. The van der Waals surface area contributed by atoms with Gasteiger partial charge in [-0.05, 0) is 73.7 Å². The number of nitrogens with zero attached hydrogens (tertiary/aromatic N) is 3. The lowest BCUT2D eigenvalue weighted by Crippen LogP contribution is -2.32. The van der Waals surface area contributed by atoms with Gasteiger partial charge in [-0.3, -0.25) is 9.69 Å². The SMILES string of the molecule is CCc1ccc(NC(=O)c2nnc(CN3CCC(c4ccc(O)cc4)CC3)s2)cc1. The largest absolute Gasteiger partial charge is 0.508 e. The van der Waals surface area contributed by atoms with E-state index in [1.54, 1.807) is 12.1 Å². The number of aromatic hydroxyl groups is 1. The van der Waals surface area contributed by atoms with Crippen LogP contribution in [0, 0.1) is 0 Å². The van der Waals surface area contributed by atoms with Gasteiger partial charge in [0, 0.05) is 5.69 Å². The fourth-order valence-corrected chi connectivity index (χ4v) is 4.56. The van der Waals surface area contributed by atoms with Gasteiger partial charge >= 0.3 is 0 Å². The predicted octanol–water partition coefficient (Wildman–Crippen LogP) is 4.44. The molecule has 1 aliphatic heterocycles. The molecule has 0 unspecified atom stereocenters. The van der Waals surface area contributed by atoms with Gasteiger partial charge in [-0.1, -0.05) is 42.5 Å². The van der Waals surface area contributed by atoms with Crippen LogP contribution in [-0.4, -0.2) is 39.2 Å². The molecule has 1 amide bonds. The summed E-state index contributed by atoms with van der Waals surface area (Å²) in [6.45, 7) is 4.79. The molecule has 7 heteroatoms. The third-order valence-electron chi connectivity index (χ3n) is 5.59. The first-order chi connectivity index (χ1) is 14.6. The molecule has 2 heterocycles. The van der Waals surface area contributed by atoms with Crippen LogP contribution in [0.25, 0.3) is 0 Å². The van der Waals surface area contributed by atoms with E-state index in [9.17, 15) is 9.90 Å². The number of carbonyl (C=O) groups is 1. The quantitative estimate of drug-likeness (QED) is 0.614. The van der Waals surface area contributed by atoms with E-state index in [0.29, 0.717) is 16.7 Å². The number of hydrogen-bond donors (Lipinski definition) is 2. The summed E-state index contributed by atoms with van der Waals surface area (Å²) in [5.41, 5.74) is 3.29. The topological polar surface area (TPSA) is 78.4 Å². The Morgan fingerprint density at radius 3 is 2.47 bits per heavy atom. The smallest absolute Gasteiger partial charge is 0.286 e. The molecule has 1 aliphatic rings. The highest BCUT2D eigenvalue weighted by Crippen LogP contribution is 2.30. The number of hydrogen-bond acceptors (Lipinski definition) is 6. The maximum Gasteiger partial charge on any atom is 0.286 e. The Morgan fingerprint density at radius 1 is 1.10 bits per heavy atom. The Labute approximate surface area is 180 Å². The molecule has 0 atom stereocenters. The van der Waals surface area contributed by atoms with Crippen molar-refractivity contribution in [3.8, 4) is 5.75 Å². The maximum absolute atomic E-state index is 12.5. The van der Waals surface area contributed by atoms with Gasteiger partial charge in [-0.2, -0.15) is 0 Å². The molecule has 2 aromatic carbocycles. The molecule has 0 aliphatic carbocycles. The monoisotopic (exact) mass is 422 g/mol. The van der Waals surface area contributed by atoms with E-state index in [-0.39, 0.29) is 5.91 Å². The van der Waals surface area contributed by atoms with E-state index in [1.165, 1.54) is 22.5 Å². The summed E-state index contributed by atoms with van der Waals surface area (Å²) in [4.78, 5) is 14.8. The fraction of sp³-hybridized carbons (Fsp3) is 0.348. The highest BCUT2D eigenvalue weighted by molar-refractivity contribution is 7.13. The normalized spacial score (nSPS) is 15.2. The van der Waals surface area contributed by atoms with Gasteiger partial charge in [0.1, 0.15) is 10.8 Å². The van der Waals surface area contributed by atoms with Crippen LogP contribution in [0.3, 0.4) is 0 Å². The lowest BCUT2D eigenvalue weighted by Gasteiger charge is -2.31. The third-order valence-corrected chi connectivity index (χ3v) is 6.50. The van der Waals surface area contributed by atoms with Gasteiger partial charge in [0.05, 0.1) is 6.54 Å². The minimum absolute atomic E-state index is 0.214. The van der Waals surface area contributed by atoms with E-state index < -0.39 is 0 Å². The van der Waals surface area contributed by atoms with Crippen molar-refractivity contribution in [1.82, 2.24) is 15.1 Å². The number of piperidine rings is 1. The van der Waals surface area contributed by atoms with Gasteiger partial charge in [0.25, 0.3) is 5.91 Å². The summed E-state index contributed by atoms with van der Waals surface area (Å²) >= 11 is 1.36. The molecular weight excluding hydrogens is 396 g/mol. The van der Waals surface area contributed by atoms with Crippen LogP contribution >= 0.6 is 11.3 Å². The van der Waals surface area contributed by atoms with Crippen LogP contribution < -0.4 is 5.32 Å². The van der Waals surface area contributed by atoms with Crippen molar-refractivity contribution in [2.45, 2.75) is 38.6 Å². The molecule has 6 nitrogen and oxygen atoms in total. The third kappa shape index (κ3) is 5.04. The maximum atomic E-state index is 12.5. The number of carbonyl (C=O) groups excluding carboxylic acids is 1. The number of aromatic nitrogens is 2. The van der Waals surface area contributed by atoms with Crippen LogP contribution in [0.1, 0.15) is 51.6 Å². The summed E-state index contributed by atoms with van der Waals surface area (Å²) in [6.07, 6.45) is 3.12. The van der Waals surface area contributed by atoms with Crippen molar-refractivity contribution >= 4 is 22.9 Å². The lowest BCUT2D eigenvalue weighted by molar-refractivity contribution is 0.102. The molecule has 0 radical (unpaired) electrons. The fourth-order valence-electron chi connectivity index (χ4n) is 3.78. The van der Waals surface area contributed by atoms with Crippen molar-refractivity contribution in [3.63, 3.8) is 0 Å². The average Bonchev–Trinajstić information content (AvgIpc) is 3.24. The van der Waals surface area contributed by atoms with Gasteiger partial charge in [0.15, 0.2) is 0 Å². The van der Waals surface area contributed by atoms with Crippen molar-refractivity contribution in [3.05, 3.63) is 69.7 Å². The van der Waals surface area contributed by atoms with E-state index in [1.807, 2.05) is 36.4 Å². The molecule has 156 valence electrons. The van der Waals surface area contributed by atoms with Crippen LogP contribution in [0.4, 0.5) is 5.69 Å². The Morgan fingerprint density at radius 2 is 1.80 bits per heavy atom. The Bertz CT molecular complexity index is 977. The Balaban J connectivity index is 1.29. The molecule has 1 aromatic heterocycles. The van der Waals surface area contributed by atoms with Crippen LogP contribution in [0.15, 0.2) is 48.5 Å². The number of aryl methyl sites for hydroxylation is 1. The first-order valence-electron chi connectivity index (χ1n) is 10.3. The Kier molecular flexibility index (Phi) is 6.40. The van der Waals surface area contributed by atoms with E-state index in [4.69, 9.17) is 0 Å². The zero-order valence-electron chi connectivity index (χ0n) is 17.0. The number of anilines is 1. The molecule has 4 rings (SSSR count). The first kappa shape index (κ1) is 20.5. The van der Waals surface area contributed by atoms with Crippen molar-refractivity contribution in [2.75, 3.05) is 18.4 Å². The number of nitrogens with one attached hydrogen (secondary N) is 1. The molecule has 0 saturated carbocycles. The van der Waals surface area contributed by atoms with Crippen molar-refractivity contribution in [1.29, 1.82) is 0 Å². The molecule has 0 bridgehead atoms. The summed E-state index contributed by atoms with van der Waals surface area (Å²) in [7, 11) is 0. The van der Waals surface area contributed by atoms with Gasteiger partial charge in [0.2, 0.25) is 5.01 Å². The van der Waals surface area contributed by atoms with E-state index in [2.05, 4.69) is 27.3 Å². The second-order valence-corrected chi connectivity index (χ2v) is 8.71. The average molecular weight is 423 g/mol. The molecule has 30 heavy (non-hydrogen) atoms.